The number of rotatable bonds is 5. The molecule has 8 nitrogen and oxygen atoms in total. The number of nitrogens with one attached hydrogen (secondary N) is 1. The molecule has 0 aliphatic rings. The van der Waals surface area contributed by atoms with Gasteiger partial charge >= 0.3 is 11.9 Å². The lowest BCUT2D eigenvalue weighted by Crippen LogP contribution is -2.39. The summed E-state index contributed by atoms with van der Waals surface area (Å²) >= 11 is 6.38. The predicted octanol–water partition coefficient (Wildman–Crippen LogP) is 4.22. The molecule has 3 aromatic rings. The van der Waals surface area contributed by atoms with Crippen LogP contribution in [0.15, 0.2) is 57.0 Å². The SMILES string of the molecule is Cc1ccc(N=C(SCC(=O)Nc2ccc(Cl)c(C(F)(F)F)c2)c2c(O)n(C)c(=O)n(C)c2=O)cc1. The summed E-state index contributed by atoms with van der Waals surface area (Å²) in [7, 11) is 2.49. The number of amides is 1. The van der Waals surface area contributed by atoms with Gasteiger partial charge in [0.25, 0.3) is 5.56 Å². The van der Waals surface area contributed by atoms with E-state index in [1.165, 1.54) is 20.2 Å². The molecule has 1 aromatic heterocycles. The van der Waals surface area contributed by atoms with Crippen LogP contribution in [0.4, 0.5) is 24.5 Å². The molecule has 0 fully saturated rings. The van der Waals surface area contributed by atoms with Gasteiger partial charge in [0, 0.05) is 19.8 Å². The van der Waals surface area contributed by atoms with E-state index >= 15 is 0 Å². The van der Waals surface area contributed by atoms with Gasteiger partial charge in [-0.2, -0.15) is 13.2 Å². The number of anilines is 1. The van der Waals surface area contributed by atoms with Crippen LogP contribution >= 0.6 is 23.4 Å². The second kappa shape index (κ2) is 10.6. The van der Waals surface area contributed by atoms with Gasteiger partial charge in [-0.05, 0) is 37.3 Å². The third-order valence-corrected chi connectivity index (χ3v) is 6.31. The molecule has 36 heavy (non-hydrogen) atoms. The van der Waals surface area contributed by atoms with Crippen molar-refractivity contribution in [2.75, 3.05) is 11.1 Å². The van der Waals surface area contributed by atoms with Gasteiger partial charge in [-0.25, -0.2) is 9.79 Å². The van der Waals surface area contributed by atoms with E-state index in [2.05, 4.69) is 10.3 Å². The number of halogens is 4. The smallest absolute Gasteiger partial charge is 0.417 e. The van der Waals surface area contributed by atoms with Crippen molar-refractivity contribution in [3.63, 3.8) is 0 Å². The van der Waals surface area contributed by atoms with Crippen LogP contribution in [0, 0.1) is 6.92 Å². The van der Waals surface area contributed by atoms with E-state index in [1.807, 2.05) is 6.92 Å². The zero-order valence-corrected chi connectivity index (χ0v) is 20.8. The minimum absolute atomic E-state index is 0.0604. The van der Waals surface area contributed by atoms with E-state index in [0.717, 1.165) is 32.5 Å². The van der Waals surface area contributed by atoms with Crippen LogP contribution in [0.2, 0.25) is 5.02 Å². The first-order chi connectivity index (χ1) is 16.8. The maximum absolute atomic E-state index is 13.1. The third-order valence-electron chi connectivity index (χ3n) is 5.01. The normalized spacial score (nSPS) is 12.0. The highest BCUT2D eigenvalue weighted by molar-refractivity contribution is 8.15. The topological polar surface area (TPSA) is 106 Å². The first-order valence-electron chi connectivity index (χ1n) is 10.2. The van der Waals surface area contributed by atoms with Crippen molar-refractivity contribution >= 4 is 45.7 Å². The quantitative estimate of drug-likeness (QED) is 0.372. The highest BCUT2D eigenvalue weighted by Gasteiger charge is 2.33. The summed E-state index contributed by atoms with van der Waals surface area (Å²) in [6.07, 6.45) is -4.71. The van der Waals surface area contributed by atoms with Crippen LogP contribution in [-0.4, -0.2) is 30.9 Å². The zero-order chi connectivity index (χ0) is 26.8. The molecule has 13 heteroatoms. The summed E-state index contributed by atoms with van der Waals surface area (Å²) in [5, 5.41) is 12.3. The van der Waals surface area contributed by atoms with Gasteiger partial charge in [0.1, 0.15) is 10.6 Å². The van der Waals surface area contributed by atoms with Crippen LogP contribution in [0.25, 0.3) is 0 Å². The lowest BCUT2D eigenvalue weighted by Gasteiger charge is -2.13. The van der Waals surface area contributed by atoms with Crippen molar-refractivity contribution in [3.05, 3.63) is 85.0 Å². The van der Waals surface area contributed by atoms with Crippen LogP contribution in [-0.2, 0) is 25.1 Å². The van der Waals surface area contributed by atoms with Gasteiger partial charge in [-0.3, -0.25) is 18.7 Å². The number of hydrogen-bond acceptors (Lipinski definition) is 6. The molecule has 1 heterocycles. The molecule has 0 atom stereocenters. The number of hydrogen-bond donors (Lipinski definition) is 2. The molecule has 2 aromatic carbocycles. The number of alkyl halides is 3. The van der Waals surface area contributed by atoms with Gasteiger partial charge in [0.05, 0.1) is 22.0 Å². The largest absolute Gasteiger partial charge is 0.494 e. The van der Waals surface area contributed by atoms with Gasteiger partial charge in [-0.15, -0.1) is 0 Å². The van der Waals surface area contributed by atoms with E-state index in [0.29, 0.717) is 11.8 Å². The number of aromatic nitrogens is 2. The summed E-state index contributed by atoms with van der Waals surface area (Å²) in [6.45, 7) is 1.86. The van der Waals surface area contributed by atoms with E-state index in [9.17, 15) is 32.7 Å². The molecule has 0 aliphatic heterocycles. The number of aliphatic imine (C=N–C) groups is 1. The highest BCUT2D eigenvalue weighted by Crippen LogP contribution is 2.36. The van der Waals surface area contributed by atoms with Crippen molar-refractivity contribution in [2.45, 2.75) is 13.1 Å². The van der Waals surface area contributed by atoms with Crippen molar-refractivity contribution in [1.29, 1.82) is 0 Å². The maximum Gasteiger partial charge on any atom is 0.417 e. The minimum Gasteiger partial charge on any atom is -0.494 e. The minimum atomic E-state index is -4.71. The first kappa shape index (κ1) is 27.1. The Balaban J connectivity index is 1.95. The Hall–Kier alpha value is -3.51. The van der Waals surface area contributed by atoms with Crippen molar-refractivity contribution in [1.82, 2.24) is 9.13 Å². The molecule has 190 valence electrons. The number of nitrogens with zero attached hydrogens (tertiary/aromatic N) is 3. The van der Waals surface area contributed by atoms with Crippen LogP contribution in [0.1, 0.15) is 16.7 Å². The highest BCUT2D eigenvalue weighted by atomic mass is 35.5. The lowest BCUT2D eigenvalue weighted by atomic mass is 10.2. The number of aromatic hydroxyl groups is 1. The Morgan fingerprint density at radius 3 is 2.36 bits per heavy atom. The Labute approximate surface area is 212 Å². The average molecular weight is 541 g/mol. The molecular weight excluding hydrogens is 521 g/mol. The summed E-state index contributed by atoms with van der Waals surface area (Å²) in [6, 6.07) is 9.80. The van der Waals surface area contributed by atoms with E-state index in [-0.39, 0.29) is 22.0 Å². The van der Waals surface area contributed by atoms with Crippen molar-refractivity contribution in [3.8, 4) is 5.88 Å². The zero-order valence-electron chi connectivity index (χ0n) is 19.2. The number of benzene rings is 2. The Bertz CT molecular complexity index is 1460. The average Bonchev–Trinajstić information content (AvgIpc) is 2.81. The molecule has 0 saturated carbocycles. The molecule has 0 bridgehead atoms. The summed E-state index contributed by atoms with van der Waals surface area (Å²) in [5.41, 5.74) is -1.77. The molecule has 0 radical (unpaired) electrons. The molecule has 0 aliphatic carbocycles. The number of carbonyl (C=O) groups excluding carboxylic acids is 1. The fraction of sp³-hybridized carbons (Fsp3) is 0.217. The fourth-order valence-corrected chi connectivity index (χ4v) is 4.13. The summed E-state index contributed by atoms with van der Waals surface area (Å²) in [4.78, 5) is 41.9. The maximum atomic E-state index is 13.1. The second-order valence-electron chi connectivity index (χ2n) is 7.69. The van der Waals surface area contributed by atoms with Crippen molar-refractivity contribution in [2.24, 2.45) is 19.1 Å². The summed E-state index contributed by atoms with van der Waals surface area (Å²) in [5.74, 6) is -1.72. The molecule has 1 amide bonds. The van der Waals surface area contributed by atoms with Crippen LogP contribution in [0.5, 0.6) is 5.88 Å². The standard InChI is InChI=1S/C23H20ClF3N4O4S/c1-12-4-6-13(7-5-12)29-19(18-20(33)30(2)22(35)31(3)21(18)34)36-11-17(32)28-14-8-9-16(24)15(10-14)23(25,26)27/h4-10,33H,11H2,1-3H3,(H,28,32). The Kier molecular flexibility index (Phi) is 7.99. The Morgan fingerprint density at radius 2 is 1.75 bits per heavy atom. The fourth-order valence-electron chi connectivity index (χ4n) is 3.07. The lowest BCUT2D eigenvalue weighted by molar-refractivity contribution is -0.137. The van der Waals surface area contributed by atoms with Gasteiger partial charge in [0.2, 0.25) is 11.8 Å². The van der Waals surface area contributed by atoms with Crippen LogP contribution in [0.3, 0.4) is 0 Å². The summed E-state index contributed by atoms with van der Waals surface area (Å²) < 4.78 is 41.0. The van der Waals surface area contributed by atoms with Gasteiger partial charge in [0.15, 0.2) is 0 Å². The predicted molar refractivity (Wildman–Crippen MR) is 134 cm³/mol. The monoisotopic (exact) mass is 540 g/mol. The third kappa shape index (κ3) is 6.00. The molecular formula is C23H20ClF3N4O4S. The molecule has 2 N–H and O–H groups in total. The van der Waals surface area contributed by atoms with Gasteiger partial charge < -0.3 is 10.4 Å². The van der Waals surface area contributed by atoms with E-state index < -0.39 is 39.8 Å². The van der Waals surface area contributed by atoms with Crippen LogP contribution < -0.4 is 16.6 Å². The molecule has 0 unspecified atom stereocenters. The second-order valence-corrected chi connectivity index (χ2v) is 9.06. The first-order valence-corrected chi connectivity index (χ1v) is 11.6. The number of thioether (sulfide) groups is 1. The number of aryl methyl sites for hydroxylation is 1. The van der Waals surface area contributed by atoms with Gasteiger partial charge in [-0.1, -0.05) is 41.1 Å². The number of carbonyl (C=O) groups is 1. The van der Waals surface area contributed by atoms with E-state index in [1.54, 1.807) is 24.3 Å². The van der Waals surface area contributed by atoms with E-state index in [4.69, 9.17) is 11.6 Å². The molecule has 3 rings (SSSR count). The Morgan fingerprint density at radius 1 is 1.11 bits per heavy atom. The van der Waals surface area contributed by atoms with Crippen molar-refractivity contribution < 1.29 is 23.1 Å². The molecule has 0 saturated heterocycles. The molecule has 0 spiro atoms.